The molecule has 16 heavy (non-hydrogen) atoms. The van der Waals surface area contributed by atoms with Gasteiger partial charge in [0.1, 0.15) is 6.54 Å². The van der Waals surface area contributed by atoms with E-state index in [0.717, 1.165) is 0 Å². The number of hydrogen-bond donors (Lipinski definition) is 2. The first-order valence-electron chi connectivity index (χ1n) is 5.53. The molecule has 0 aliphatic rings. The van der Waals surface area contributed by atoms with Crippen LogP contribution in [0.25, 0.3) is 0 Å². The van der Waals surface area contributed by atoms with Crippen LogP contribution >= 0.6 is 0 Å². The first kappa shape index (κ1) is 14.9. The predicted molar refractivity (Wildman–Crippen MR) is 61.6 cm³/mol. The maximum absolute atomic E-state index is 11.4. The van der Waals surface area contributed by atoms with Crippen molar-refractivity contribution in [2.24, 2.45) is 17.6 Å². The zero-order chi connectivity index (χ0) is 12.7. The van der Waals surface area contributed by atoms with Crippen LogP contribution in [0.3, 0.4) is 0 Å². The minimum atomic E-state index is -0.585. The number of rotatable bonds is 6. The molecule has 0 aromatic rings. The van der Waals surface area contributed by atoms with Gasteiger partial charge in [-0.15, -0.1) is 0 Å². The first-order valence-corrected chi connectivity index (χ1v) is 5.53. The minimum Gasteiger partial charge on any atom is -0.464 e. The van der Waals surface area contributed by atoms with Gasteiger partial charge in [-0.1, -0.05) is 27.7 Å². The highest BCUT2D eigenvalue weighted by atomic mass is 16.5. The Labute approximate surface area is 96.7 Å². The SMILES string of the molecule is CC(C)COC(=O)CNC(=O)[C@@H](N)C(C)C. The van der Waals surface area contributed by atoms with Gasteiger partial charge in [0.2, 0.25) is 5.91 Å². The van der Waals surface area contributed by atoms with Crippen molar-refractivity contribution in [1.29, 1.82) is 0 Å². The smallest absolute Gasteiger partial charge is 0.325 e. The van der Waals surface area contributed by atoms with Crippen LogP contribution in [0, 0.1) is 11.8 Å². The van der Waals surface area contributed by atoms with Crippen molar-refractivity contribution < 1.29 is 14.3 Å². The molecule has 0 radical (unpaired) electrons. The largest absolute Gasteiger partial charge is 0.464 e. The van der Waals surface area contributed by atoms with Gasteiger partial charge in [0.05, 0.1) is 12.6 Å². The van der Waals surface area contributed by atoms with Crippen LogP contribution in [0.15, 0.2) is 0 Å². The topological polar surface area (TPSA) is 81.4 Å². The highest BCUT2D eigenvalue weighted by Crippen LogP contribution is 1.97. The molecule has 0 bridgehead atoms. The molecule has 5 heteroatoms. The second-order valence-electron chi connectivity index (χ2n) is 4.56. The van der Waals surface area contributed by atoms with Crippen LogP contribution in [0.1, 0.15) is 27.7 Å². The van der Waals surface area contributed by atoms with Gasteiger partial charge in [-0.2, -0.15) is 0 Å². The van der Waals surface area contributed by atoms with E-state index < -0.39 is 12.0 Å². The van der Waals surface area contributed by atoms with Crippen molar-refractivity contribution >= 4 is 11.9 Å². The fourth-order valence-electron chi connectivity index (χ4n) is 0.891. The molecule has 0 aromatic heterocycles. The summed E-state index contributed by atoms with van der Waals surface area (Å²) in [6.07, 6.45) is 0. The molecule has 1 amide bonds. The van der Waals surface area contributed by atoms with Gasteiger partial charge in [-0.05, 0) is 11.8 Å². The van der Waals surface area contributed by atoms with Crippen molar-refractivity contribution in [3.63, 3.8) is 0 Å². The molecule has 0 aromatic carbocycles. The van der Waals surface area contributed by atoms with Crippen LogP contribution in [0.2, 0.25) is 0 Å². The van der Waals surface area contributed by atoms with Crippen molar-refractivity contribution in [2.45, 2.75) is 33.7 Å². The van der Waals surface area contributed by atoms with E-state index in [0.29, 0.717) is 6.61 Å². The zero-order valence-electron chi connectivity index (χ0n) is 10.4. The number of amides is 1. The van der Waals surface area contributed by atoms with Crippen LogP contribution in [-0.4, -0.2) is 31.1 Å². The number of nitrogens with two attached hydrogens (primary N) is 1. The van der Waals surface area contributed by atoms with Crippen LogP contribution in [-0.2, 0) is 14.3 Å². The van der Waals surface area contributed by atoms with E-state index in [1.165, 1.54) is 0 Å². The summed E-state index contributed by atoms with van der Waals surface area (Å²) in [5.74, 6) is -0.418. The van der Waals surface area contributed by atoms with Gasteiger partial charge in [0.25, 0.3) is 0 Å². The zero-order valence-corrected chi connectivity index (χ0v) is 10.4. The Balaban J connectivity index is 3.79. The average Bonchev–Trinajstić information content (AvgIpc) is 2.21. The van der Waals surface area contributed by atoms with E-state index >= 15 is 0 Å². The molecule has 0 spiro atoms. The third-order valence-corrected chi connectivity index (χ3v) is 2.01. The van der Waals surface area contributed by atoms with Crippen LogP contribution in [0.4, 0.5) is 0 Å². The second kappa shape index (κ2) is 7.22. The molecule has 0 heterocycles. The fourth-order valence-corrected chi connectivity index (χ4v) is 0.891. The predicted octanol–water partition coefficient (Wildman–Crippen LogP) is 0.285. The van der Waals surface area contributed by atoms with E-state index in [1.807, 2.05) is 27.7 Å². The molecule has 0 saturated carbocycles. The number of hydrogen-bond acceptors (Lipinski definition) is 4. The van der Waals surface area contributed by atoms with E-state index in [9.17, 15) is 9.59 Å². The highest BCUT2D eigenvalue weighted by Gasteiger charge is 2.17. The lowest BCUT2D eigenvalue weighted by Gasteiger charge is -2.15. The summed E-state index contributed by atoms with van der Waals surface area (Å²) in [6.45, 7) is 7.83. The van der Waals surface area contributed by atoms with Crippen molar-refractivity contribution in [3.8, 4) is 0 Å². The standard InChI is InChI=1S/C11H22N2O3/c1-7(2)6-16-9(14)5-13-11(15)10(12)8(3)4/h7-8,10H,5-6,12H2,1-4H3,(H,13,15)/t10-/m0/s1. The molecule has 0 aliphatic heterocycles. The van der Waals surface area contributed by atoms with Gasteiger partial charge < -0.3 is 15.8 Å². The van der Waals surface area contributed by atoms with Crippen LogP contribution < -0.4 is 11.1 Å². The van der Waals surface area contributed by atoms with Crippen molar-refractivity contribution in [2.75, 3.05) is 13.2 Å². The maximum atomic E-state index is 11.4. The summed E-state index contributed by atoms with van der Waals surface area (Å²) in [4.78, 5) is 22.5. The lowest BCUT2D eigenvalue weighted by Crippen LogP contribution is -2.45. The molecule has 3 N–H and O–H groups in total. The Hall–Kier alpha value is -1.10. The number of nitrogens with one attached hydrogen (secondary N) is 1. The molecular formula is C11H22N2O3. The summed E-state index contributed by atoms with van der Waals surface area (Å²) in [5.41, 5.74) is 5.60. The van der Waals surface area contributed by atoms with E-state index in [1.54, 1.807) is 0 Å². The molecule has 0 saturated heterocycles. The van der Waals surface area contributed by atoms with Gasteiger partial charge in [-0.3, -0.25) is 9.59 Å². The Bertz CT molecular complexity index is 239. The molecule has 0 rings (SSSR count). The molecular weight excluding hydrogens is 208 g/mol. The molecule has 1 atom stereocenters. The lowest BCUT2D eigenvalue weighted by atomic mass is 10.1. The fraction of sp³-hybridized carbons (Fsp3) is 0.818. The highest BCUT2D eigenvalue weighted by molar-refractivity contribution is 5.85. The molecule has 0 aliphatic carbocycles. The Morgan fingerprint density at radius 3 is 2.25 bits per heavy atom. The van der Waals surface area contributed by atoms with Crippen molar-refractivity contribution in [3.05, 3.63) is 0 Å². The summed E-state index contributed by atoms with van der Waals surface area (Å²) in [6, 6.07) is -0.585. The number of ether oxygens (including phenoxy) is 1. The quantitative estimate of drug-likeness (QED) is 0.642. The number of esters is 1. The first-order chi connectivity index (χ1) is 7.34. The summed E-state index contributed by atoms with van der Waals surface area (Å²) in [5, 5.41) is 2.45. The third kappa shape index (κ3) is 6.40. The third-order valence-electron chi connectivity index (χ3n) is 2.01. The maximum Gasteiger partial charge on any atom is 0.325 e. The Morgan fingerprint density at radius 2 is 1.81 bits per heavy atom. The van der Waals surface area contributed by atoms with Gasteiger partial charge >= 0.3 is 5.97 Å². The minimum absolute atomic E-state index is 0.0479. The molecule has 0 fully saturated rings. The van der Waals surface area contributed by atoms with E-state index in [4.69, 9.17) is 10.5 Å². The van der Waals surface area contributed by atoms with Gasteiger partial charge in [0, 0.05) is 0 Å². The monoisotopic (exact) mass is 230 g/mol. The molecule has 0 unspecified atom stereocenters. The van der Waals surface area contributed by atoms with Gasteiger partial charge in [-0.25, -0.2) is 0 Å². The number of carbonyl (C=O) groups excluding carboxylic acids is 2. The summed E-state index contributed by atoms with van der Waals surface area (Å²) >= 11 is 0. The summed E-state index contributed by atoms with van der Waals surface area (Å²) < 4.78 is 4.90. The Kier molecular flexibility index (Phi) is 6.72. The van der Waals surface area contributed by atoms with E-state index in [2.05, 4.69) is 5.32 Å². The Morgan fingerprint density at radius 1 is 1.25 bits per heavy atom. The molecule has 5 nitrogen and oxygen atoms in total. The van der Waals surface area contributed by atoms with E-state index in [-0.39, 0.29) is 24.3 Å². The van der Waals surface area contributed by atoms with Crippen molar-refractivity contribution in [1.82, 2.24) is 5.32 Å². The van der Waals surface area contributed by atoms with Crippen LogP contribution in [0.5, 0.6) is 0 Å². The average molecular weight is 230 g/mol. The van der Waals surface area contributed by atoms with Gasteiger partial charge in [0.15, 0.2) is 0 Å². The normalized spacial score (nSPS) is 12.7. The summed E-state index contributed by atoms with van der Waals surface area (Å²) in [7, 11) is 0. The number of carbonyl (C=O) groups is 2. The lowest BCUT2D eigenvalue weighted by molar-refractivity contribution is -0.145. The molecule has 94 valence electrons. The second-order valence-corrected chi connectivity index (χ2v) is 4.56.